The number of rotatable bonds is 2. The van der Waals surface area contributed by atoms with E-state index >= 15 is 0 Å². The van der Waals surface area contributed by atoms with Crippen LogP contribution in [0.2, 0.25) is 0 Å². The number of aryl methyl sites for hydroxylation is 1. The zero-order valence-corrected chi connectivity index (χ0v) is 13.9. The zero-order valence-electron chi connectivity index (χ0n) is 13.9. The van der Waals surface area contributed by atoms with Gasteiger partial charge in [0.2, 0.25) is 0 Å². The van der Waals surface area contributed by atoms with Crippen LogP contribution in [0.15, 0.2) is 48.8 Å². The van der Waals surface area contributed by atoms with Gasteiger partial charge in [0.25, 0.3) is 5.91 Å². The number of amides is 1. The lowest BCUT2D eigenvalue weighted by Gasteiger charge is -2.20. The number of aromatic nitrogens is 2. The Morgan fingerprint density at radius 2 is 1.74 bits per heavy atom. The molecule has 0 saturated carbocycles. The van der Waals surface area contributed by atoms with Gasteiger partial charge in [-0.1, -0.05) is 29.8 Å². The summed E-state index contributed by atoms with van der Waals surface area (Å²) in [7, 11) is 0. The minimum Gasteiger partial charge on any atom is -0.347 e. The highest BCUT2D eigenvalue weighted by Gasteiger charge is 2.16. The molecule has 0 aliphatic heterocycles. The Morgan fingerprint density at radius 1 is 1.04 bits per heavy atom. The molecule has 0 radical (unpaired) electrons. The summed E-state index contributed by atoms with van der Waals surface area (Å²) in [6.45, 7) is 7.97. The van der Waals surface area contributed by atoms with Crippen LogP contribution in [0.5, 0.6) is 0 Å². The minimum atomic E-state index is -0.256. The quantitative estimate of drug-likeness (QED) is 0.782. The van der Waals surface area contributed by atoms with Crippen molar-refractivity contribution >= 4 is 11.6 Å². The fourth-order valence-electron chi connectivity index (χ4n) is 2.40. The van der Waals surface area contributed by atoms with Gasteiger partial charge in [0.05, 0.1) is 11.3 Å². The van der Waals surface area contributed by atoms with Gasteiger partial charge >= 0.3 is 0 Å². The molecule has 118 valence electrons. The lowest BCUT2D eigenvalue weighted by molar-refractivity contribution is 0.0919. The summed E-state index contributed by atoms with van der Waals surface area (Å²) >= 11 is 0. The molecule has 2 heterocycles. The predicted molar refractivity (Wildman–Crippen MR) is 92.6 cm³/mol. The zero-order chi connectivity index (χ0) is 16.6. The summed E-state index contributed by atoms with van der Waals surface area (Å²) in [6.07, 6.45) is 3.77. The number of hydrogen-bond donors (Lipinski definition) is 1. The van der Waals surface area contributed by atoms with Gasteiger partial charge in [-0.25, -0.2) is 4.98 Å². The molecule has 1 amide bonds. The van der Waals surface area contributed by atoms with Crippen molar-refractivity contribution in [2.75, 3.05) is 0 Å². The van der Waals surface area contributed by atoms with Crippen LogP contribution in [0.4, 0.5) is 0 Å². The van der Waals surface area contributed by atoms with E-state index < -0.39 is 0 Å². The van der Waals surface area contributed by atoms with Crippen molar-refractivity contribution < 1.29 is 4.79 Å². The van der Waals surface area contributed by atoms with Gasteiger partial charge in [-0.3, -0.25) is 4.79 Å². The van der Waals surface area contributed by atoms with Gasteiger partial charge in [0.15, 0.2) is 0 Å². The van der Waals surface area contributed by atoms with Crippen LogP contribution < -0.4 is 5.32 Å². The minimum absolute atomic E-state index is 0.0787. The molecule has 23 heavy (non-hydrogen) atoms. The van der Waals surface area contributed by atoms with Crippen LogP contribution in [-0.2, 0) is 0 Å². The smallest absolute Gasteiger partial charge is 0.253 e. The molecule has 0 bridgehead atoms. The van der Waals surface area contributed by atoms with Crippen LogP contribution >= 0.6 is 0 Å². The SMILES string of the molecule is Cc1ccc(-c2cn3cc(C(=O)NC(C)(C)C)ccc3n2)cc1. The van der Waals surface area contributed by atoms with Gasteiger partial charge in [-0.05, 0) is 39.8 Å². The standard InChI is InChI=1S/C19H21N3O/c1-13-5-7-14(8-6-13)16-12-22-11-15(9-10-17(22)20-16)18(23)21-19(2,3)4/h5-12H,1-4H3,(H,21,23). The average molecular weight is 307 g/mol. The number of hydrogen-bond acceptors (Lipinski definition) is 2. The largest absolute Gasteiger partial charge is 0.347 e. The van der Waals surface area contributed by atoms with E-state index in [-0.39, 0.29) is 11.4 Å². The Bertz CT molecular complexity index is 854. The van der Waals surface area contributed by atoms with Crippen LogP contribution in [0, 0.1) is 6.92 Å². The predicted octanol–water partition coefficient (Wildman–Crippen LogP) is 3.84. The maximum absolute atomic E-state index is 12.3. The number of nitrogens with one attached hydrogen (secondary N) is 1. The summed E-state index contributed by atoms with van der Waals surface area (Å²) < 4.78 is 1.90. The average Bonchev–Trinajstić information content (AvgIpc) is 2.89. The summed E-state index contributed by atoms with van der Waals surface area (Å²) in [5.74, 6) is -0.0787. The molecule has 4 heteroatoms. The molecule has 2 aromatic heterocycles. The normalized spacial score (nSPS) is 11.7. The van der Waals surface area contributed by atoms with Gasteiger partial charge in [0, 0.05) is 23.5 Å². The molecule has 0 atom stereocenters. The Balaban J connectivity index is 1.95. The monoisotopic (exact) mass is 307 g/mol. The number of pyridine rings is 1. The molecule has 1 aromatic carbocycles. The molecular formula is C19H21N3O. The fourth-order valence-corrected chi connectivity index (χ4v) is 2.40. The number of benzene rings is 1. The molecule has 0 unspecified atom stereocenters. The summed E-state index contributed by atoms with van der Waals surface area (Å²) in [5.41, 5.74) is 4.39. The van der Waals surface area contributed by atoms with Crippen LogP contribution in [0.1, 0.15) is 36.7 Å². The Morgan fingerprint density at radius 3 is 2.39 bits per heavy atom. The first-order valence-electron chi connectivity index (χ1n) is 7.70. The second-order valence-corrected chi connectivity index (χ2v) is 6.88. The van der Waals surface area contributed by atoms with Crippen molar-refractivity contribution in [3.63, 3.8) is 0 Å². The number of fused-ring (bicyclic) bond motifs is 1. The topological polar surface area (TPSA) is 46.4 Å². The first-order valence-corrected chi connectivity index (χ1v) is 7.70. The molecule has 0 aliphatic carbocycles. The molecule has 4 nitrogen and oxygen atoms in total. The van der Waals surface area contributed by atoms with Crippen LogP contribution in [0.25, 0.3) is 16.9 Å². The summed E-state index contributed by atoms with van der Waals surface area (Å²) in [4.78, 5) is 16.9. The Hall–Kier alpha value is -2.62. The second-order valence-electron chi connectivity index (χ2n) is 6.88. The van der Waals surface area contributed by atoms with Gasteiger partial charge in [-0.15, -0.1) is 0 Å². The number of nitrogens with zero attached hydrogens (tertiary/aromatic N) is 2. The second kappa shape index (κ2) is 5.54. The summed E-state index contributed by atoms with van der Waals surface area (Å²) in [6, 6.07) is 11.9. The Kier molecular flexibility index (Phi) is 3.68. The van der Waals surface area contributed by atoms with Crippen molar-refractivity contribution in [2.45, 2.75) is 33.2 Å². The number of imidazole rings is 1. The lowest BCUT2D eigenvalue weighted by atomic mass is 10.1. The maximum atomic E-state index is 12.3. The molecule has 3 aromatic rings. The Labute approximate surface area is 136 Å². The van der Waals surface area contributed by atoms with Crippen molar-refractivity contribution in [1.29, 1.82) is 0 Å². The molecule has 3 rings (SSSR count). The van der Waals surface area contributed by atoms with Gasteiger partial charge in [-0.2, -0.15) is 0 Å². The van der Waals surface area contributed by atoms with E-state index in [2.05, 4.69) is 41.5 Å². The first-order chi connectivity index (χ1) is 10.8. The molecule has 0 aliphatic rings. The van der Waals surface area contributed by atoms with Crippen LogP contribution in [-0.4, -0.2) is 20.8 Å². The van der Waals surface area contributed by atoms with Crippen molar-refractivity contribution in [3.8, 4) is 11.3 Å². The third-order valence-corrected chi connectivity index (χ3v) is 3.55. The van der Waals surface area contributed by atoms with Gasteiger partial charge in [0.1, 0.15) is 5.65 Å². The van der Waals surface area contributed by atoms with Crippen LogP contribution in [0.3, 0.4) is 0 Å². The summed E-state index contributed by atoms with van der Waals surface area (Å²) in [5, 5.41) is 2.97. The molecule has 0 spiro atoms. The lowest BCUT2D eigenvalue weighted by Crippen LogP contribution is -2.40. The molecule has 0 fully saturated rings. The van der Waals surface area contributed by atoms with E-state index in [1.165, 1.54) is 5.56 Å². The van der Waals surface area contributed by atoms with Gasteiger partial charge < -0.3 is 9.72 Å². The van der Waals surface area contributed by atoms with Crippen molar-refractivity contribution in [2.24, 2.45) is 0 Å². The van der Waals surface area contributed by atoms with Crippen molar-refractivity contribution in [3.05, 3.63) is 59.9 Å². The fraction of sp³-hybridized carbons (Fsp3) is 0.263. The third kappa shape index (κ3) is 3.42. The van der Waals surface area contributed by atoms with E-state index in [0.29, 0.717) is 5.56 Å². The van der Waals surface area contributed by atoms with E-state index in [9.17, 15) is 4.79 Å². The van der Waals surface area contributed by atoms with E-state index in [1.54, 1.807) is 0 Å². The van der Waals surface area contributed by atoms with E-state index in [0.717, 1.165) is 16.9 Å². The highest BCUT2D eigenvalue weighted by atomic mass is 16.1. The number of carbonyl (C=O) groups is 1. The number of carbonyl (C=O) groups excluding carboxylic acids is 1. The molecule has 0 saturated heterocycles. The molecule has 1 N–H and O–H groups in total. The first kappa shape index (κ1) is 15.3. The highest BCUT2D eigenvalue weighted by Crippen LogP contribution is 2.20. The molecular weight excluding hydrogens is 286 g/mol. The maximum Gasteiger partial charge on any atom is 0.253 e. The third-order valence-electron chi connectivity index (χ3n) is 3.55. The van der Waals surface area contributed by atoms with E-state index in [1.807, 2.05) is 49.7 Å². The van der Waals surface area contributed by atoms with Crippen molar-refractivity contribution in [1.82, 2.24) is 14.7 Å². The van der Waals surface area contributed by atoms with E-state index in [4.69, 9.17) is 0 Å². The highest BCUT2D eigenvalue weighted by molar-refractivity contribution is 5.94.